The van der Waals surface area contributed by atoms with Crippen LogP contribution >= 0.6 is 0 Å². The summed E-state index contributed by atoms with van der Waals surface area (Å²) in [5.74, 6) is 1.46. The molecule has 0 amide bonds. The lowest BCUT2D eigenvalue weighted by molar-refractivity contribution is 0.495. The number of benzene rings is 2. The van der Waals surface area contributed by atoms with Crippen LogP contribution in [0.25, 0.3) is 17.2 Å². The van der Waals surface area contributed by atoms with E-state index in [9.17, 15) is 4.79 Å². The minimum Gasteiger partial charge on any atom is -0.341 e. The lowest BCUT2D eigenvalue weighted by Crippen LogP contribution is -2.44. The van der Waals surface area contributed by atoms with Crippen molar-refractivity contribution < 1.29 is 0 Å². The van der Waals surface area contributed by atoms with Gasteiger partial charge in [-0.3, -0.25) is 13.9 Å². The van der Waals surface area contributed by atoms with Gasteiger partial charge < -0.3 is 10.6 Å². The Morgan fingerprint density at radius 1 is 1.06 bits per heavy atom. The van der Waals surface area contributed by atoms with E-state index in [4.69, 9.17) is 15.7 Å². The Morgan fingerprint density at radius 2 is 1.79 bits per heavy atom. The van der Waals surface area contributed by atoms with Gasteiger partial charge in [0.05, 0.1) is 6.54 Å². The highest BCUT2D eigenvalue weighted by Crippen LogP contribution is 2.24. The maximum atomic E-state index is 13.5. The van der Waals surface area contributed by atoms with E-state index in [1.165, 1.54) is 0 Å². The molecule has 1 fully saturated rings. The van der Waals surface area contributed by atoms with Gasteiger partial charge in [0.25, 0.3) is 5.56 Å². The van der Waals surface area contributed by atoms with Gasteiger partial charge >= 0.3 is 0 Å². The van der Waals surface area contributed by atoms with Gasteiger partial charge in [-0.1, -0.05) is 72.8 Å². The first kappa shape index (κ1) is 22.1. The van der Waals surface area contributed by atoms with Gasteiger partial charge in [0.15, 0.2) is 11.2 Å². The third-order valence-electron chi connectivity index (χ3n) is 6.39. The van der Waals surface area contributed by atoms with Crippen LogP contribution in [-0.2, 0) is 20.0 Å². The van der Waals surface area contributed by atoms with Crippen LogP contribution in [0.1, 0.15) is 29.8 Å². The molecule has 4 aromatic rings. The lowest BCUT2D eigenvalue weighted by atomic mass is 10.1. The van der Waals surface area contributed by atoms with Crippen molar-refractivity contribution in [2.75, 3.05) is 18.0 Å². The molecule has 34 heavy (non-hydrogen) atoms. The second-order valence-corrected chi connectivity index (χ2v) is 8.91. The molecule has 1 atom stereocenters. The molecule has 5 rings (SSSR count). The number of allylic oxidation sites excluding steroid dienone is 1. The third kappa shape index (κ3) is 4.52. The molecule has 1 aliphatic rings. The van der Waals surface area contributed by atoms with Gasteiger partial charge in [-0.2, -0.15) is 4.98 Å². The van der Waals surface area contributed by atoms with Crippen molar-refractivity contribution >= 4 is 23.2 Å². The molecule has 0 aliphatic carbocycles. The fourth-order valence-corrected chi connectivity index (χ4v) is 4.59. The van der Waals surface area contributed by atoms with Crippen LogP contribution in [0.5, 0.6) is 0 Å². The number of hydrogen-bond acceptors (Lipinski definition) is 5. The zero-order valence-corrected chi connectivity index (χ0v) is 19.5. The normalized spacial score (nSPS) is 16.5. The van der Waals surface area contributed by atoms with Crippen LogP contribution in [-0.4, -0.2) is 38.2 Å². The molecule has 3 heterocycles. The highest BCUT2D eigenvalue weighted by molar-refractivity contribution is 5.74. The standard InChI is InChI=1S/C27H30N6O/c1-31-23(16-8-14-20-10-4-2-5-11-20)29-25-24(26(31)34)33(18-21-12-6-3-7-13-21)27(30-25)32-17-9-15-22(28)19-32/h2-8,10-14,22H,9,15-19,28H2,1H3/b14-8+. The first-order chi connectivity index (χ1) is 16.6. The van der Waals surface area contributed by atoms with Crippen LogP contribution in [0.4, 0.5) is 5.95 Å². The molecule has 7 heteroatoms. The second-order valence-electron chi connectivity index (χ2n) is 8.91. The molecule has 0 radical (unpaired) electrons. The summed E-state index contributed by atoms with van der Waals surface area (Å²) in [4.78, 5) is 25.5. The van der Waals surface area contributed by atoms with Gasteiger partial charge in [-0.25, -0.2) is 4.98 Å². The number of hydrogen-bond donors (Lipinski definition) is 1. The topological polar surface area (TPSA) is 82.0 Å². The Morgan fingerprint density at radius 3 is 2.53 bits per heavy atom. The number of imidazole rings is 1. The zero-order chi connectivity index (χ0) is 23.5. The molecular formula is C27H30N6O. The Kier molecular flexibility index (Phi) is 6.27. The average molecular weight is 455 g/mol. The first-order valence-electron chi connectivity index (χ1n) is 11.8. The number of anilines is 1. The van der Waals surface area contributed by atoms with Crippen LogP contribution in [0.15, 0.2) is 71.5 Å². The summed E-state index contributed by atoms with van der Waals surface area (Å²) < 4.78 is 3.66. The molecule has 1 unspecified atom stereocenters. The van der Waals surface area contributed by atoms with Gasteiger partial charge in [0.1, 0.15) is 5.82 Å². The molecule has 2 aromatic carbocycles. The maximum absolute atomic E-state index is 13.5. The molecule has 1 aliphatic heterocycles. The summed E-state index contributed by atoms with van der Waals surface area (Å²) in [7, 11) is 1.79. The fraction of sp³-hybridized carbons (Fsp3) is 0.296. The minimum absolute atomic E-state index is 0.0795. The largest absolute Gasteiger partial charge is 0.341 e. The minimum atomic E-state index is -0.0795. The summed E-state index contributed by atoms with van der Waals surface area (Å²) in [6, 6.07) is 20.4. The molecule has 0 spiro atoms. The summed E-state index contributed by atoms with van der Waals surface area (Å²) >= 11 is 0. The second kappa shape index (κ2) is 9.65. The number of aromatic nitrogens is 4. The van der Waals surface area contributed by atoms with Crippen LogP contribution in [0, 0.1) is 0 Å². The number of nitrogens with zero attached hydrogens (tertiary/aromatic N) is 5. The van der Waals surface area contributed by atoms with Crippen LogP contribution in [0.2, 0.25) is 0 Å². The highest BCUT2D eigenvalue weighted by atomic mass is 16.1. The molecule has 7 nitrogen and oxygen atoms in total. The van der Waals surface area contributed by atoms with E-state index >= 15 is 0 Å². The summed E-state index contributed by atoms with van der Waals surface area (Å²) in [6.07, 6.45) is 6.65. The van der Waals surface area contributed by atoms with E-state index in [2.05, 4.69) is 17.0 Å². The molecule has 174 valence electrons. The number of nitrogens with two attached hydrogens (primary N) is 1. The van der Waals surface area contributed by atoms with Crippen molar-refractivity contribution in [3.8, 4) is 0 Å². The van der Waals surface area contributed by atoms with Gasteiger partial charge in [-0.05, 0) is 24.0 Å². The maximum Gasteiger partial charge on any atom is 0.279 e. The molecule has 2 N–H and O–H groups in total. The predicted molar refractivity (Wildman–Crippen MR) is 137 cm³/mol. The zero-order valence-electron chi connectivity index (χ0n) is 19.5. The smallest absolute Gasteiger partial charge is 0.279 e. The van der Waals surface area contributed by atoms with Crippen molar-refractivity contribution in [2.45, 2.75) is 31.8 Å². The molecule has 0 bridgehead atoms. The SMILES string of the molecule is Cn1c(C/C=C/c2ccccc2)nc2nc(N3CCCC(N)C3)n(Cc3ccccc3)c2c1=O. The molecule has 1 saturated heterocycles. The third-order valence-corrected chi connectivity index (χ3v) is 6.39. The van der Waals surface area contributed by atoms with Gasteiger partial charge in [0, 0.05) is 32.6 Å². The van der Waals surface area contributed by atoms with Crippen LogP contribution < -0.4 is 16.2 Å². The summed E-state index contributed by atoms with van der Waals surface area (Å²) in [5.41, 5.74) is 9.46. The highest BCUT2D eigenvalue weighted by Gasteiger charge is 2.25. The van der Waals surface area contributed by atoms with Crippen LogP contribution in [0.3, 0.4) is 0 Å². The first-order valence-corrected chi connectivity index (χ1v) is 11.8. The monoisotopic (exact) mass is 454 g/mol. The Bertz CT molecular complexity index is 1360. The predicted octanol–water partition coefficient (Wildman–Crippen LogP) is 3.36. The van der Waals surface area contributed by atoms with E-state index in [0.717, 1.165) is 43.0 Å². The Labute approximate surface area is 199 Å². The number of fused-ring (bicyclic) bond motifs is 1. The van der Waals surface area contributed by atoms with E-state index in [1.54, 1.807) is 11.6 Å². The number of piperidine rings is 1. The quantitative estimate of drug-likeness (QED) is 0.483. The van der Waals surface area contributed by atoms with E-state index in [0.29, 0.717) is 30.0 Å². The molecule has 2 aromatic heterocycles. The van der Waals surface area contributed by atoms with Crippen molar-refractivity contribution in [3.63, 3.8) is 0 Å². The van der Waals surface area contributed by atoms with Crippen molar-refractivity contribution in [1.82, 2.24) is 19.1 Å². The summed E-state index contributed by atoms with van der Waals surface area (Å²) in [5, 5.41) is 0. The van der Waals surface area contributed by atoms with E-state index in [1.807, 2.05) is 65.3 Å². The fourth-order valence-electron chi connectivity index (χ4n) is 4.59. The average Bonchev–Trinajstić information content (AvgIpc) is 3.21. The lowest BCUT2D eigenvalue weighted by Gasteiger charge is -2.31. The molecular weight excluding hydrogens is 424 g/mol. The van der Waals surface area contributed by atoms with E-state index < -0.39 is 0 Å². The Hall–Kier alpha value is -3.71. The van der Waals surface area contributed by atoms with E-state index in [-0.39, 0.29) is 11.6 Å². The van der Waals surface area contributed by atoms with Crippen molar-refractivity contribution in [2.24, 2.45) is 12.8 Å². The summed E-state index contributed by atoms with van der Waals surface area (Å²) in [6.45, 7) is 2.16. The van der Waals surface area contributed by atoms with Crippen molar-refractivity contribution in [1.29, 1.82) is 0 Å². The number of rotatable bonds is 6. The molecule has 0 saturated carbocycles. The Balaban J connectivity index is 1.56. The van der Waals surface area contributed by atoms with Gasteiger partial charge in [-0.15, -0.1) is 0 Å². The van der Waals surface area contributed by atoms with Crippen molar-refractivity contribution in [3.05, 3.63) is 94.0 Å². The van der Waals surface area contributed by atoms with Gasteiger partial charge in [0.2, 0.25) is 5.95 Å².